The van der Waals surface area contributed by atoms with Crippen molar-refractivity contribution in [2.24, 2.45) is 0 Å². The van der Waals surface area contributed by atoms with Crippen LogP contribution in [0.15, 0.2) is 12.2 Å². The van der Waals surface area contributed by atoms with Crippen LogP contribution in [0.25, 0.3) is 0 Å². The van der Waals surface area contributed by atoms with Crippen molar-refractivity contribution in [2.45, 2.75) is 45.1 Å². The second-order valence-electron chi connectivity index (χ2n) is 5.48. The minimum Gasteiger partial charge on any atom is -0.461 e. The van der Waals surface area contributed by atoms with Gasteiger partial charge in [-0.15, -0.1) is 0 Å². The summed E-state index contributed by atoms with van der Waals surface area (Å²) in [6, 6.07) is 0. The number of allylic oxidation sites excluding steroid dienone is 2. The Kier molecular flexibility index (Phi) is 3.57. The third-order valence-corrected chi connectivity index (χ3v) is 4.17. The van der Waals surface area contributed by atoms with Gasteiger partial charge in [0.1, 0.15) is 12.3 Å². The molecule has 1 aromatic rings. The highest BCUT2D eigenvalue weighted by atomic mass is 16.5. The zero-order valence-corrected chi connectivity index (χ0v) is 12.3. The molecule has 3 aliphatic carbocycles. The van der Waals surface area contributed by atoms with Crippen LogP contribution in [0, 0.1) is 0 Å². The Morgan fingerprint density at radius 2 is 1.86 bits per heavy atom. The average Bonchev–Trinajstić information content (AvgIpc) is 2.88. The predicted molar refractivity (Wildman–Crippen MR) is 76.1 cm³/mol. The number of rotatable bonds is 4. The summed E-state index contributed by atoms with van der Waals surface area (Å²) in [7, 11) is 0. The Morgan fingerprint density at radius 1 is 1.19 bits per heavy atom. The highest BCUT2D eigenvalue weighted by Gasteiger charge is 2.37. The molecule has 1 aromatic heterocycles. The van der Waals surface area contributed by atoms with E-state index in [9.17, 15) is 9.59 Å². The number of esters is 2. The molecule has 21 heavy (non-hydrogen) atoms. The van der Waals surface area contributed by atoms with Crippen molar-refractivity contribution in [1.82, 2.24) is 4.98 Å². The predicted octanol–water partition coefficient (Wildman–Crippen LogP) is 2.79. The molecular weight excluding hydrogens is 270 g/mol. The van der Waals surface area contributed by atoms with E-state index in [2.05, 4.69) is 17.1 Å². The number of H-pyrrole nitrogens is 1. The van der Waals surface area contributed by atoms with Crippen molar-refractivity contribution in [2.75, 3.05) is 6.61 Å². The summed E-state index contributed by atoms with van der Waals surface area (Å²) in [5, 5.41) is 0. The SMILES string of the molecule is CCOC(=O)c1[nH]c(COC(C)=O)c2c1C1C=CC2CC1. The molecule has 0 fully saturated rings. The van der Waals surface area contributed by atoms with Gasteiger partial charge in [-0.3, -0.25) is 4.79 Å². The van der Waals surface area contributed by atoms with Crippen LogP contribution in [0.2, 0.25) is 0 Å². The maximum atomic E-state index is 12.2. The summed E-state index contributed by atoms with van der Waals surface area (Å²) in [4.78, 5) is 26.3. The lowest BCUT2D eigenvalue weighted by molar-refractivity contribution is -0.142. The van der Waals surface area contributed by atoms with Gasteiger partial charge in [-0.2, -0.15) is 0 Å². The first-order valence-electron chi connectivity index (χ1n) is 7.35. The number of hydrogen-bond acceptors (Lipinski definition) is 4. The maximum Gasteiger partial charge on any atom is 0.355 e. The second kappa shape index (κ2) is 5.39. The van der Waals surface area contributed by atoms with Gasteiger partial charge < -0.3 is 14.5 Å². The van der Waals surface area contributed by atoms with Gasteiger partial charge >= 0.3 is 11.9 Å². The summed E-state index contributed by atoms with van der Waals surface area (Å²) < 4.78 is 10.2. The molecule has 0 aliphatic heterocycles. The maximum absolute atomic E-state index is 12.2. The van der Waals surface area contributed by atoms with Gasteiger partial charge in [-0.25, -0.2) is 4.79 Å². The van der Waals surface area contributed by atoms with E-state index in [4.69, 9.17) is 9.47 Å². The van der Waals surface area contributed by atoms with Gasteiger partial charge in [-0.1, -0.05) is 12.2 Å². The first-order chi connectivity index (χ1) is 10.1. The summed E-state index contributed by atoms with van der Waals surface area (Å²) in [5.74, 6) is -0.0990. The average molecular weight is 289 g/mol. The minimum atomic E-state index is -0.330. The lowest BCUT2D eigenvalue weighted by Crippen LogP contribution is -2.19. The standard InChI is InChI=1S/C16H19NO4/c1-3-20-16(19)15-14-11-6-4-10(5-7-11)13(14)12(17-15)8-21-9(2)18/h4,6,10-11,17H,3,5,7-8H2,1-2H3. The number of carbonyl (C=O) groups is 2. The molecular formula is C16H19NO4. The van der Waals surface area contributed by atoms with Gasteiger partial charge in [0.25, 0.3) is 0 Å². The molecule has 0 radical (unpaired) electrons. The zero-order valence-electron chi connectivity index (χ0n) is 12.3. The fourth-order valence-electron chi connectivity index (χ4n) is 3.34. The van der Waals surface area contributed by atoms with Gasteiger partial charge in [0.15, 0.2) is 0 Å². The van der Waals surface area contributed by atoms with E-state index in [1.807, 2.05) is 0 Å². The fraction of sp³-hybridized carbons (Fsp3) is 0.500. The van der Waals surface area contributed by atoms with E-state index in [0.717, 1.165) is 29.7 Å². The van der Waals surface area contributed by atoms with Crippen molar-refractivity contribution in [3.05, 3.63) is 34.7 Å². The molecule has 2 unspecified atom stereocenters. The van der Waals surface area contributed by atoms with Crippen LogP contribution in [0.1, 0.15) is 65.8 Å². The van der Waals surface area contributed by atoms with E-state index in [1.54, 1.807) is 6.92 Å². The molecule has 112 valence electrons. The monoisotopic (exact) mass is 289 g/mol. The first kappa shape index (κ1) is 13.9. The van der Waals surface area contributed by atoms with Gasteiger partial charge in [0.05, 0.1) is 12.3 Å². The van der Waals surface area contributed by atoms with Crippen molar-refractivity contribution in [3.63, 3.8) is 0 Å². The Morgan fingerprint density at radius 3 is 2.43 bits per heavy atom. The van der Waals surface area contributed by atoms with E-state index >= 15 is 0 Å². The van der Waals surface area contributed by atoms with E-state index in [0.29, 0.717) is 18.2 Å². The number of aromatic nitrogens is 1. The normalized spacial score (nSPS) is 22.0. The Balaban J connectivity index is 2.01. The third kappa shape index (κ3) is 2.37. The molecule has 5 nitrogen and oxygen atoms in total. The highest BCUT2D eigenvalue weighted by molar-refractivity contribution is 5.91. The van der Waals surface area contributed by atoms with Gasteiger partial charge in [0.2, 0.25) is 0 Å². The third-order valence-electron chi connectivity index (χ3n) is 4.17. The molecule has 0 saturated heterocycles. The van der Waals surface area contributed by atoms with E-state index in [1.165, 1.54) is 6.92 Å². The van der Waals surface area contributed by atoms with Crippen molar-refractivity contribution >= 4 is 11.9 Å². The number of carbonyl (C=O) groups excluding carboxylic acids is 2. The molecule has 2 atom stereocenters. The van der Waals surface area contributed by atoms with Crippen LogP contribution in [-0.2, 0) is 20.9 Å². The molecule has 3 aliphatic rings. The molecule has 4 rings (SSSR count). The summed E-state index contributed by atoms with van der Waals surface area (Å²) in [6.07, 6.45) is 6.48. The first-order valence-corrected chi connectivity index (χ1v) is 7.35. The largest absolute Gasteiger partial charge is 0.461 e. The van der Waals surface area contributed by atoms with Crippen LogP contribution >= 0.6 is 0 Å². The molecule has 0 spiro atoms. The second-order valence-corrected chi connectivity index (χ2v) is 5.48. The molecule has 1 heterocycles. The van der Waals surface area contributed by atoms with E-state index in [-0.39, 0.29) is 24.5 Å². The lowest BCUT2D eigenvalue weighted by Gasteiger charge is -2.32. The number of ether oxygens (including phenoxy) is 2. The highest BCUT2D eigenvalue weighted by Crippen LogP contribution is 2.48. The Hall–Kier alpha value is -2.04. The molecule has 5 heteroatoms. The minimum absolute atomic E-state index is 0.175. The van der Waals surface area contributed by atoms with Crippen LogP contribution in [0.5, 0.6) is 0 Å². The zero-order chi connectivity index (χ0) is 15.0. The Bertz CT molecular complexity index is 614. The fourth-order valence-corrected chi connectivity index (χ4v) is 3.34. The van der Waals surface area contributed by atoms with Crippen molar-refractivity contribution in [3.8, 4) is 0 Å². The van der Waals surface area contributed by atoms with Crippen molar-refractivity contribution in [1.29, 1.82) is 0 Å². The molecule has 0 saturated carbocycles. The molecule has 1 N–H and O–H groups in total. The van der Waals surface area contributed by atoms with Gasteiger partial charge in [0, 0.05) is 18.8 Å². The number of nitrogens with one attached hydrogen (secondary N) is 1. The number of aromatic amines is 1. The van der Waals surface area contributed by atoms with Crippen LogP contribution in [0.4, 0.5) is 0 Å². The van der Waals surface area contributed by atoms with Crippen LogP contribution in [-0.4, -0.2) is 23.5 Å². The summed E-state index contributed by atoms with van der Waals surface area (Å²) in [6.45, 7) is 3.69. The number of hydrogen-bond donors (Lipinski definition) is 1. The smallest absolute Gasteiger partial charge is 0.355 e. The molecule has 0 amide bonds. The van der Waals surface area contributed by atoms with Crippen LogP contribution in [0.3, 0.4) is 0 Å². The topological polar surface area (TPSA) is 68.4 Å². The Labute approximate surface area is 123 Å². The number of fused-ring (bicyclic) bond motifs is 1. The lowest BCUT2D eigenvalue weighted by atomic mass is 9.72. The molecule has 2 bridgehead atoms. The van der Waals surface area contributed by atoms with E-state index < -0.39 is 0 Å². The summed E-state index contributed by atoms with van der Waals surface area (Å²) in [5.41, 5.74) is 3.50. The summed E-state index contributed by atoms with van der Waals surface area (Å²) >= 11 is 0. The van der Waals surface area contributed by atoms with Crippen LogP contribution < -0.4 is 0 Å². The van der Waals surface area contributed by atoms with Gasteiger partial charge in [-0.05, 0) is 30.9 Å². The molecule has 0 aromatic carbocycles. The van der Waals surface area contributed by atoms with Crippen molar-refractivity contribution < 1.29 is 19.1 Å². The quantitative estimate of drug-likeness (QED) is 0.683.